The smallest absolute Gasteiger partial charge is 0.112 e. The third-order valence-corrected chi connectivity index (χ3v) is 1.27. The molecule has 28 valence electrons. The van der Waals surface area contributed by atoms with Crippen molar-refractivity contribution in [1.82, 2.24) is 0 Å². The Morgan fingerprint density at radius 3 is 2.67 bits per heavy atom. The van der Waals surface area contributed by atoms with Crippen molar-refractivity contribution in [2.24, 2.45) is 0 Å². The highest BCUT2D eigenvalue weighted by Gasteiger charge is 1.71. The lowest BCUT2D eigenvalue weighted by Gasteiger charge is -1.76. The van der Waals surface area contributed by atoms with Gasteiger partial charge in [0.2, 0.25) is 0 Å². The maximum atomic E-state index is 2.96. The Kier molecular flexibility index (Phi) is 1.10. The van der Waals surface area contributed by atoms with Crippen LogP contribution in [0, 0.1) is 0 Å². The van der Waals surface area contributed by atoms with E-state index in [0.717, 1.165) is 9.52 Å². The summed E-state index contributed by atoms with van der Waals surface area (Å²) < 4.78 is 0. The van der Waals surface area contributed by atoms with Crippen LogP contribution in [0.15, 0.2) is 29.3 Å². The Bertz CT molecular complexity index is 116. The van der Waals surface area contributed by atoms with Gasteiger partial charge in [-0.25, -0.2) is 0 Å². The van der Waals surface area contributed by atoms with Gasteiger partial charge < -0.3 is 0 Å². The van der Waals surface area contributed by atoms with Gasteiger partial charge in [-0.2, -0.15) is 0 Å². The fraction of sp³-hybridized carbons (Fsp3) is 0. The van der Waals surface area contributed by atoms with Crippen molar-refractivity contribution in [2.75, 3.05) is 0 Å². The van der Waals surface area contributed by atoms with E-state index in [0.29, 0.717) is 0 Å². The SMILES string of the molecule is C1=CC=C[Si]C=1. The van der Waals surface area contributed by atoms with Crippen LogP contribution in [0.25, 0.3) is 0 Å². The van der Waals surface area contributed by atoms with E-state index < -0.39 is 0 Å². The van der Waals surface area contributed by atoms with E-state index >= 15 is 0 Å². The van der Waals surface area contributed by atoms with E-state index in [9.17, 15) is 0 Å². The van der Waals surface area contributed by atoms with Crippen molar-refractivity contribution in [3.8, 4) is 0 Å². The minimum absolute atomic E-state index is 0.854. The molecule has 0 N–H and O–H groups in total. The third kappa shape index (κ3) is 0.711. The second-order valence-corrected chi connectivity index (χ2v) is 1.96. The predicted octanol–water partition coefficient (Wildman–Crippen LogP) is 0.887. The molecule has 0 amide bonds. The van der Waals surface area contributed by atoms with Gasteiger partial charge in [0, 0.05) is 0 Å². The maximum absolute atomic E-state index is 2.96. The molecule has 1 heteroatoms. The van der Waals surface area contributed by atoms with Crippen LogP contribution < -0.4 is 0 Å². The first-order chi connectivity index (χ1) is 3.00. The standard InChI is InChI=1S/C5H4Si/c1-2-4-6-5-3-1/h1-2,4-5H. The molecule has 0 saturated heterocycles. The Morgan fingerprint density at radius 1 is 1.50 bits per heavy atom. The van der Waals surface area contributed by atoms with Crippen LogP contribution in [0.3, 0.4) is 0 Å². The van der Waals surface area contributed by atoms with Crippen molar-refractivity contribution in [3.05, 3.63) is 29.3 Å². The molecule has 1 aliphatic heterocycles. The van der Waals surface area contributed by atoms with E-state index in [-0.39, 0.29) is 0 Å². The summed E-state index contributed by atoms with van der Waals surface area (Å²) >= 11 is 0. The van der Waals surface area contributed by atoms with Crippen molar-refractivity contribution in [1.29, 1.82) is 0 Å². The van der Waals surface area contributed by atoms with Crippen LogP contribution >= 0.6 is 0 Å². The lowest BCUT2D eigenvalue weighted by atomic mass is 10.6. The highest BCUT2D eigenvalue weighted by atomic mass is 28.2. The Labute approximate surface area is 39.7 Å². The zero-order chi connectivity index (χ0) is 4.24. The van der Waals surface area contributed by atoms with Crippen molar-refractivity contribution >= 4 is 9.52 Å². The van der Waals surface area contributed by atoms with Crippen molar-refractivity contribution < 1.29 is 0 Å². The van der Waals surface area contributed by atoms with E-state index in [1.807, 2.05) is 17.9 Å². The fourth-order valence-electron chi connectivity index (χ4n) is 0.304. The molecule has 0 bridgehead atoms. The van der Waals surface area contributed by atoms with Crippen LogP contribution in [0.1, 0.15) is 0 Å². The van der Waals surface area contributed by atoms with Gasteiger partial charge in [-0.1, -0.05) is 17.5 Å². The molecular formula is C5H4Si. The molecule has 0 aromatic rings. The zero-order valence-corrected chi connectivity index (χ0v) is 4.31. The van der Waals surface area contributed by atoms with Crippen molar-refractivity contribution in [3.63, 3.8) is 0 Å². The number of allylic oxidation sites excluding steroid dienone is 2. The molecule has 0 nitrogen and oxygen atoms in total. The molecule has 1 rings (SSSR count). The number of hydrogen-bond donors (Lipinski definition) is 0. The predicted molar refractivity (Wildman–Crippen MR) is 27.5 cm³/mol. The summed E-state index contributed by atoms with van der Waals surface area (Å²) in [4.78, 5) is 0. The van der Waals surface area contributed by atoms with Crippen LogP contribution in [0.4, 0.5) is 0 Å². The third-order valence-electron chi connectivity index (χ3n) is 0.552. The first kappa shape index (κ1) is 3.66. The molecule has 0 fully saturated rings. The van der Waals surface area contributed by atoms with Gasteiger partial charge in [-0.05, 0) is 6.08 Å². The largest absolute Gasteiger partial charge is 0.130 e. The van der Waals surface area contributed by atoms with Gasteiger partial charge in [0.15, 0.2) is 0 Å². The molecule has 6 heavy (non-hydrogen) atoms. The van der Waals surface area contributed by atoms with E-state index in [2.05, 4.69) is 11.4 Å². The van der Waals surface area contributed by atoms with Gasteiger partial charge in [-0.3, -0.25) is 0 Å². The van der Waals surface area contributed by atoms with Crippen LogP contribution in [-0.4, -0.2) is 9.52 Å². The van der Waals surface area contributed by atoms with Gasteiger partial charge in [-0.15, -0.1) is 5.73 Å². The van der Waals surface area contributed by atoms with Gasteiger partial charge in [0.1, 0.15) is 9.52 Å². The molecule has 0 saturated carbocycles. The summed E-state index contributed by atoms with van der Waals surface area (Å²) in [5, 5.41) is 0. The summed E-state index contributed by atoms with van der Waals surface area (Å²) in [6, 6.07) is 0. The summed E-state index contributed by atoms with van der Waals surface area (Å²) in [6.07, 6.45) is 3.93. The summed E-state index contributed by atoms with van der Waals surface area (Å²) in [6.45, 7) is 0. The average molecular weight is 92.2 g/mol. The highest BCUT2D eigenvalue weighted by Crippen LogP contribution is 1.78. The molecule has 0 spiro atoms. The highest BCUT2D eigenvalue weighted by molar-refractivity contribution is 6.48. The second kappa shape index (κ2) is 1.80. The zero-order valence-electron chi connectivity index (χ0n) is 3.31. The summed E-state index contributed by atoms with van der Waals surface area (Å²) in [5.41, 5.74) is 7.11. The minimum Gasteiger partial charge on any atom is -0.130 e. The molecule has 0 aliphatic carbocycles. The van der Waals surface area contributed by atoms with Gasteiger partial charge >= 0.3 is 0 Å². The molecular weight excluding hydrogens is 88.1 g/mol. The van der Waals surface area contributed by atoms with Crippen LogP contribution in [-0.2, 0) is 0 Å². The lowest BCUT2D eigenvalue weighted by molar-refractivity contribution is 2.01. The van der Waals surface area contributed by atoms with Crippen LogP contribution in [0.5, 0.6) is 0 Å². The van der Waals surface area contributed by atoms with Crippen LogP contribution in [0.2, 0.25) is 0 Å². The Balaban J connectivity index is 2.78. The molecule has 0 unspecified atom stereocenters. The summed E-state index contributed by atoms with van der Waals surface area (Å²) in [5.74, 6) is 0. The molecule has 0 aromatic heterocycles. The van der Waals surface area contributed by atoms with Gasteiger partial charge in [0.25, 0.3) is 0 Å². The van der Waals surface area contributed by atoms with E-state index in [1.54, 1.807) is 0 Å². The second-order valence-electron chi connectivity index (χ2n) is 1.00. The first-order valence-corrected chi connectivity index (χ1v) is 2.98. The molecule has 0 atom stereocenters. The molecule has 1 heterocycles. The normalized spacial score (nSPS) is 16.0. The topological polar surface area (TPSA) is 0 Å². The minimum atomic E-state index is 0.854. The monoisotopic (exact) mass is 92.0 g/mol. The average Bonchev–Trinajstić information content (AvgIpc) is 1.72. The molecule has 1 aliphatic rings. The van der Waals surface area contributed by atoms with Gasteiger partial charge in [0.05, 0.1) is 0 Å². The van der Waals surface area contributed by atoms with E-state index in [4.69, 9.17) is 0 Å². The Morgan fingerprint density at radius 2 is 2.50 bits per heavy atom. The first-order valence-electron chi connectivity index (χ1n) is 1.82. The Hall–Kier alpha value is -0.523. The molecule has 0 aromatic carbocycles. The quantitative estimate of drug-likeness (QED) is 0.307. The lowest BCUT2D eigenvalue weighted by Crippen LogP contribution is -1.75. The fourth-order valence-corrected chi connectivity index (χ4v) is 0.800. The summed E-state index contributed by atoms with van der Waals surface area (Å²) in [7, 11) is 0.854. The molecule has 2 radical (unpaired) electrons. The van der Waals surface area contributed by atoms with Crippen molar-refractivity contribution in [2.45, 2.75) is 0 Å². The van der Waals surface area contributed by atoms with E-state index in [1.165, 1.54) is 0 Å². The number of rotatable bonds is 0. The maximum Gasteiger partial charge on any atom is 0.112 e. The number of hydrogen-bond acceptors (Lipinski definition) is 0.